The van der Waals surface area contributed by atoms with Gasteiger partial charge in [0.1, 0.15) is 16.6 Å². The topological polar surface area (TPSA) is 79.8 Å². The molecule has 1 atom stereocenters. The number of halogens is 1. The van der Waals surface area contributed by atoms with Crippen molar-refractivity contribution in [2.45, 2.75) is 13.0 Å². The summed E-state index contributed by atoms with van der Waals surface area (Å²) in [6, 6.07) is 5.97. The van der Waals surface area contributed by atoms with Gasteiger partial charge in [0.25, 0.3) is 0 Å². The predicted molar refractivity (Wildman–Crippen MR) is 105 cm³/mol. The van der Waals surface area contributed by atoms with Crippen molar-refractivity contribution in [2.75, 3.05) is 24.7 Å². The predicted octanol–water partition coefficient (Wildman–Crippen LogP) is 3.45. The first-order valence-electron chi connectivity index (χ1n) is 8.81. The second-order valence-corrected chi connectivity index (χ2v) is 7.00. The Kier molecular flexibility index (Phi) is 3.91. The van der Waals surface area contributed by atoms with Gasteiger partial charge in [-0.2, -0.15) is 0 Å². The molecule has 4 aromatic rings. The minimum absolute atomic E-state index is 0.210. The van der Waals surface area contributed by atoms with Gasteiger partial charge in [-0.1, -0.05) is 11.6 Å². The van der Waals surface area contributed by atoms with E-state index in [2.05, 4.69) is 26.8 Å². The van der Waals surface area contributed by atoms with Crippen LogP contribution in [0.1, 0.15) is 6.92 Å². The zero-order valence-corrected chi connectivity index (χ0v) is 15.4. The number of fused-ring (bicyclic) bond motifs is 2. The maximum atomic E-state index is 6.16. The third-order valence-corrected chi connectivity index (χ3v) is 5.08. The Balaban J connectivity index is 1.77. The lowest BCUT2D eigenvalue weighted by atomic mass is 10.1. The molecule has 1 aliphatic heterocycles. The SMILES string of the molecule is C[C@@H]1COCCN1c1nc(-c2ccnc3[nH]ccc23)nc2cnc(Cl)cc12. The van der Waals surface area contributed by atoms with E-state index >= 15 is 0 Å². The van der Waals surface area contributed by atoms with Crippen molar-refractivity contribution >= 4 is 39.4 Å². The molecular weight excluding hydrogens is 364 g/mol. The molecule has 0 radical (unpaired) electrons. The number of morpholine rings is 1. The molecule has 136 valence electrons. The summed E-state index contributed by atoms with van der Waals surface area (Å²) in [5.41, 5.74) is 2.51. The van der Waals surface area contributed by atoms with Gasteiger partial charge in [-0.25, -0.2) is 19.9 Å². The summed E-state index contributed by atoms with van der Waals surface area (Å²) in [6.07, 6.45) is 5.33. The lowest BCUT2D eigenvalue weighted by Crippen LogP contribution is -2.44. The van der Waals surface area contributed by atoms with Crippen molar-refractivity contribution in [3.8, 4) is 11.4 Å². The van der Waals surface area contributed by atoms with Crippen molar-refractivity contribution < 1.29 is 4.74 Å². The number of pyridine rings is 2. The van der Waals surface area contributed by atoms with Crippen LogP contribution in [0.3, 0.4) is 0 Å². The fraction of sp³-hybridized carbons (Fsp3) is 0.263. The lowest BCUT2D eigenvalue weighted by Gasteiger charge is -2.35. The highest BCUT2D eigenvalue weighted by molar-refractivity contribution is 6.30. The van der Waals surface area contributed by atoms with E-state index in [0.717, 1.165) is 39.9 Å². The number of anilines is 1. The van der Waals surface area contributed by atoms with E-state index < -0.39 is 0 Å². The van der Waals surface area contributed by atoms with E-state index in [4.69, 9.17) is 26.3 Å². The molecule has 1 aliphatic rings. The van der Waals surface area contributed by atoms with E-state index in [9.17, 15) is 0 Å². The summed E-state index contributed by atoms with van der Waals surface area (Å²) in [5, 5.41) is 2.31. The van der Waals surface area contributed by atoms with Crippen LogP contribution in [0.2, 0.25) is 5.15 Å². The van der Waals surface area contributed by atoms with E-state index in [1.807, 2.05) is 24.4 Å². The molecule has 27 heavy (non-hydrogen) atoms. The first-order valence-corrected chi connectivity index (χ1v) is 9.18. The van der Waals surface area contributed by atoms with Crippen LogP contribution in [0.25, 0.3) is 33.3 Å². The minimum Gasteiger partial charge on any atom is -0.377 e. The van der Waals surface area contributed by atoms with Crippen LogP contribution in [0.5, 0.6) is 0 Å². The van der Waals surface area contributed by atoms with E-state index in [1.165, 1.54) is 0 Å². The Morgan fingerprint density at radius 2 is 2.15 bits per heavy atom. The number of hydrogen-bond acceptors (Lipinski definition) is 6. The van der Waals surface area contributed by atoms with Crippen molar-refractivity contribution in [1.82, 2.24) is 24.9 Å². The zero-order valence-electron chi connectivity index (χ0n) is 14.7. The largest absolute Gasteiger partial charge is 0.377 e. The van der Waals surface area contributed by atoms with E-state index in [-0.39, 0.29) is 6.04 Å². The van der Waals surface area contributed by atoms with Gasteiger partial charge in [-0.05, 0) is 25.1 Å². The highest BCUT2D eigenvalue weighted by atomic mass is 35.5. The molecular formula is C19H17ClN6O. The Bertz CT molecular complexity index is 1140. The standard InChI is InChI=1S/C19H17ClN6O/c1-11-10-27-7-6-26(11)19-14-8-16(20)23-9-15(14)24-18(25-19)13-3-5-22-17-12(13)2-4-21-17/h2-5,8-9,11H,6-7,10H2,1H3,(H,21,22)/t11-/m1/s1. The summed E-state index contributed by atoms with van der Waals surface area (Å²) < 4.78 is 5.60. The quantitative estimate of drug-likeness (QED) is 0.536. The maximum Gasteiger partial charge on any atom is 0.163 e. The summed E-state index contributed by atoms with van der Waals surface area (Å²) in [7, 11) is 0. The third-order valence-electron chi connectivity index (χ3n) is 4.87. The number of hydrogen-bond donors (Lipinski definition) is 1. The molecule has 0 bridgehead atoms. The smallest absolute Gasteiger partial charge is 0.163 e. The van der Waals surface area contributed by atoms with Gasteiger partial charge < -0.3 is 14.6 Å². The molecule has 0 unspecified atom stereocenters. The fourth-order valence-electron chi connectivity index (χ4n) is 3.53. The molecule has 1 N–H and O–H groups in total. The molecule has 0 saturated carbocycles. The molecule has 7 nitrogen and oxygen atoms in total. The Labute approximate surface area is 160 Å². The third kappa shape index (κ3) is 2.79. The van der Waals surface area contributed by atoms with Crippen LogP contribution in [0.4, 0.5) is 5.82 Å². The van der Waals surface area contributed by atoms with Crippen molar-refractivity contribution in [2.24, 2.45) is 0 Å². The van der Waals surface area contributed by atoms with Crippen LogP contribution in [-0.4, -0.2) is 50.7 Å². The molecule has 5 heterocycles. The van der Waals surface area contributed by atoms with Crippen LogP contribution in [0.15, 0.2) is 36.8 Å². The van der Waals surface area contributed by atoms with Gasteiger partial charge in [0.2, 0.25) is 0 Å². The van der Waals surface area contributed by atoms with E-state index in [1.54, 1.807) is 12.4 Å². The van der Waals surface area contributed by atoms with Crippen LogP contribution < -0.4 is 4.90 Å². The number of H-pyrrole nitrogens is 1. The van der Waals surface area contributed by atoms with E-state index in [0.29, 0.717) is 24.2 Å². The average Bonchev–Trinajstić information content (AvgIpc) is 3.16. The summed E-state index contributed by atoms with van der Waals surface area (Å²) in [6.45, 7) is 4.23. The second-order valence-electron chi connectivity index (χ2n) is 6.61. The monoisotopic (exact) mass is 380 g/mol. The summed E-state index contributed by atoms with van der Waals surface area (Å²) in [5.74, 6) is 1.50. The van der Waals surface area contributed by atoms with Gasteiger partial charge in [-0.15, -0.1) is 0 Å². The summed E-state index contributed by atoms with van der Waals surface area (Å²) >= 11 is 6.16. The van der Waals surface area contributed by atoms with Crippen molar-refractivity contribution in [3.63, 3.8) is 0 Å². The molecule has 5 rings (SSSR count). The van der Waals surface area contributed by atoms with Gasteiger partial charge in [0, 0.05) is 35.3 Å². The molecule has 1 fully saturated rings. The molecule has 0 aromatic carbocycles. The van der Waals surface area contributed by atoms with Crippen LogP contribution in [0, 0.1) is 0 Å². The van der Waals surface area contributed by atoms with Crippen LogP contribution in [-0.2, 0) is 4.74 Å². The first kappa shape index (κ1) is 16.4. The minimum atomic E-state index is 0.210. The molecule has 8 heteroatoms. The highest BCUT2D eigenvalue weighted by Gasteiger charge is 2.24. The number of nitrogens with zero attached hydrogens (tertiary/aromatic N) is 5. The zero-order chi connectivity index (χ0) is 18.4. The maximum absolute atomic E-state index is 6.16. The highest BCUT2D eigenvalue weighted by Crippen LogP contribution is 2.32. The Morgan fingerprint density at radius 3 is 3.04 bits per heavy atom. The Hall–Kier alpha value is -2.77. The number of rotatable bonds is 2. The molecule has 4 aromatic heterocycles. The number of ether oxygens (including phenoxy) is 1. The Morgan fingerprint density at radius 1 is 1.22 bits per heavy atom. The molecule has 0 amide bonds. The van der Waals surface area contributed by atoms with Gasteiger partial charge in [0.05, 0.1) is 31.0 Å². The second kappa shape index (κ2) is 6.44. The molecule has 0 aliphatic carbocycles. The molecule has 0 spiro atoms. The number of aromatic amines is 1. The van der Waals surface area contributed by atoms with Gasteiger partial charge >= 0.3 is 0 Å². The first-order chi connectivity index (χ1) is 13.2. The number of aromatic nitrogens is 5. The normalized spacial score (nSPS) is 17.7. The lowest BCUT2D eigenvalue weighted by molar-refractivity contribution is 0.0987. The van der Waals surface area contributed by atoms with Crippen molar-refractivity contribution in [3.05, 3.63) is 41.9 Å². The molecule has 1 saturated heterocycles. The van der Waals surface area contributed by atoms with Gasteiger partial charge in [-0.3, -0.25) is 0 Å². The average molecular weight is 381 g/mol. The summed E-state index contributed by atoms with van der Waals surface area (Å²) in [4.78, 5) is 23.7. The number of nitrogens with one attached hydrogen (secondary N) is 1. The van der Waals surface area contributed by atoms with Crippen LogP contribution >= 0.6 is 11.6 Å². The van der Waals surface area contributed by atoms with Gasteiger partial charge in [0.15, 0.2) is 5.82 Å². The van der Waals surface area contributed by atoms with Crippen molar-refractivity contribution in [1.29, 1.82) is 0 Å². The fourth-order valence-corrected chi connectivity index (χ4v) is 3.69.